The van der Waals surface area contributed by atoms with Crippen LogP contribution in [0.2, 0.25) is 0 Å². The fourth-order valence-corrected chi connectivity index (χ4v) is 2.56. The SMILES string of the molecule is COc1cccc(-c2noc(C(C)NCCOc3ccc(C(F)(F)F)cc3)n2)c1. The molecular formula is C20H20F3N3O3. The van der Waals surface area contributed by atoms with Crippen LogP contribution in [-0.2, 0) is 6.18 Å². The molecule has 1 aromatic heterocycles. The maximum Gasteiger partial charge on any atom is 0.416 e. The van der Waals surface area contributed by atoms with E-state index < -0.39 is 11.7 Å². The first kappa shape index (κ1) is 20.7. The second-order valence-corrected chi connectivity index (χ2v) is 6.23. The fraction of sp³-hybridized carbons (Fsp3) is 0.300. The van der Waals surface area contributed by atoms with Gasteiger partial charge in [-0.25, -0.2) is 0 Å². The molecule has 154 valence electrons. The summed E-state index contributed by atoms with van der Waals surface area (Å²) in [5.74, 6) is 1.93. The number of nitrogens with one attached hydrogen (secondary N) is 1. The van der Waals surface area contributed by atoms with Gasteiger partial charge in [-0.1, -0.05) is 17.3 Å². The molecule has 9 heteroatoms. The lowest BCUT2D eigenvalue weighted by molar-refractivity contribution is -0.137. The molecule has 1 atom stereocenters. The van der Waals surface area contributed by atoms with Gasteiger partial charge < -0.3 is 19.3 Å². The van der Waals surface area contributed by atoms with Crippen LogP contribution in [0.5, 0.6) is 11.5 Å². The molecule has 6 nitrogen and oxygen atoms in total. The summed E-state index contributed by atoms with van der Waals surface area (Å²) < 4.78 is 53.6. The zero-order chi connectivity index (χ0) is 20.9. The Morgan fingerprint density at radius 2 is 1.86 bits per heavy atom. The van der Waals surface area contributed by atoms with Gasteiger partial charge in [-0.05, 0) is 43.3 Å². The van der Waals surface area contributed by atoms with E-state index in [0.717, 1.165) is 17.7 Å². The number of halogens is 3. The number of hydrogen-bond acceptors (Lipinski definition) is 6. The first-order chi connectivity index (χ1) is 13.9. The zero-order valence-electron chi connectivity index (χ0n) is 15.9. The van der Waals surface area contributed by atoms with Gasteiger partial charge in [-0.15, -0.1) is 0 Å². The molecular weight excluding hydrogens is 387 g/mol. The van der Waals surface area contributed by atoms with Crippen LogP contribution in [0.3, 0.4) is 0 Å². The Morgan fingerprint density at radius 1 is 1.10 bits per heavy atom. The number of benzene rings is 2. The van der Waals surface area contributed by atoms with Crippen LogP contribution in [0, 0.1) is 0 Å². The lowest BCUT2D eigenvalue weighted by Gasteiger charge is -2.11. The quantitative estimate of drug-likeness (QED) is 0.555. The Morgan fingerprint density at radius 3 is 2.55 bits per heavy atom. The van der Waals surface area contributed by atoms with Crippen molar-refractivity contribution in [2.75, 3.05) is 20.3 Å². The predicted octanol–water partition coefficient (Wildman–Crippen LogP) is 4.49. The lowest BCUT2D eigenvalue weighted by atomic mass is 10.2. The number of hydrogen-bond donors (Lipinski definition) is 1. The van der Waals surface area contributed by atoms with E-state index in [1.54, 1.807) is 7.11 Å². The van der Waals surface area contributed by atoms with Crippen molar-refractivity contribution in [3.8, 4) is 22.9 Å². The topological polar surface area (TPSA) is 69.4 Å². The van der Waals surface area contributed by atoms with Crippen molar-refractivity contribution >= 4 is 0 Å². The normalized spacial score (nSPS) is 12.6. The fourth-order valence-electron chi connectivity index (χ4n) is 2.56. The minimum Gasteiger partial charge on any atom is -0.497 e. The van der Waals surface area contributed by atoms with Gasteiger partial charge in [0.2, 0.25) is 11.7 Å². The standard InChI is InChI=1S/C20H20F3N3O3/c1-13(19-25-18(26-29-19)14-4-3-5-17(12-14)27-2)24-10-11-28-16-8-6-15(7-9-16)20(21,22)23/h3-9,12-13,24H,10-11H2,1-2H3. The summed E-state index contributed by atoms with van der Waals surface area (Å²) >= 11 is 0. The summed E-state index contributed by atoms with van der Waals surface area (Å²) in [5, 5.41) is 7.15. The van der Waals surface area contributed by atoms with Crippen LogP contribution in [-0.4, -0.2) is 30.4 Å². The number of alkyl halides is 3. The highest BCUT2D eigenvalue weighted by molar-refractivity contribution is 5.56. The molecule has 3 aromatic rings. The highest BCUT2D eigenvalue weighted by Gasteiger charge is 2.30. The molecule has 1 N–H and O–H groups in total. The maximum atomic E-state index is 12.5. The Bertz CT molecular complexity index is 926. The summed E-state index contributed by atoms with van der Waals surface area (Å²) in [4.78, 5) is 4.38. The molecule has 0 saturated heterocycles. The molecule has 1 heterocycles. The number of aromatic nitrogens is 2. The van der Waals surface area contributed by atoms with E-state index in [-0.39, 0.29) is 12.6 Å². The van der Waals surface area contributed by atoms with Crippen molar-refractivity contribution in [3.05, 3.63) is 60.0 Å². The summed E-state index contributed by atoms with van der Waals surface area (Å²) in [7, 11) is 1.58. The van der Waals surface area contributed by atoms with E-state index in [4.69, 9.17) is 14.0 Å². The van der Waals surface area contributed by atoms with Crippen LogP contribution >= 0.6 is 0 Å². The van der Waals surface area contributed by atoms with Crippen molar-refractivity contribution in [1.29, 1.82) is 0 Å². The minimum absolute atomic E-state index is 0.224. The Kier molecular flexibility index (Phi) is 6.38. The summed E-state index contributed by atoms with van der Waals surface area (Å²) in [5.41, 5.74) is 0.0667. The smallest absolute Gasteiger partial charge is 0.416 e. The second kappa shape index (κ2) is 8.95. The third kappa shape index (κ3) is 5.47. The molecule has 0 aliphatic rings. The van der Waals surface area contributed by atoms with Gasteiger partial charge in [0.05, 0.1) is 18.7 Å². The summed E-state index contributed by atoms with van der Waals surface area (Å²) in [6.45, 7) is 2.58. The van der Waals surface area contributed by atoms with E-state index in [1.807, 2.05) is 31.2 Å². The Hall–Kier alpha value is -3.07. The van der Waals surface area contributed by atoms with Gasteiger partial charge in [-0.3, -0.25) is 0 Å². The average Bonchev–Trinajstić information content (AvgIpc) is 3.21. The molecule has 0 saturated carbocycles. The van der Waals surface area contributed by atoms with Gasteiger partial charge in [0, 0.05) is 12.1 Å². The van der Waals surface area contributed by atoms with Crippen molar-refractivity contribution in [3.63, 3.8) is 0 Å². The molecule has 0 aliphatic carbocycles. The molecule has 1 unspecified atom stereocenters. The first-order valence-corrected chi connectivity index (χ1v) is 8.88. The number of methoxy groups -OCH3 is 1. The third-order valence-electron chi connectivity index (χ3n) is 4.14. The monoisotopic (exact) mass is 407 g/mol. The lowest BCUT2D eigenvalue weighted by Crippen LogP contribution is -2.24. The van der Waals surface area contributed by atoms with Crippen molar-refractivity contribution in [1.82, 2.24) is 15.5 Å². The van der Waals surface area contributed by atoms with Gasteiger partial charge in [0.1, 0.15) is 18.1 Å². The van der Waals surface area contributed by atoms with Crippen molar-refractivity contribution in [2.45, 2.75) is 19.1 Å². The number of nitrogens with zero attached hydrogens (tertiary/aromatic N) is 2. The van der Waals surface area contributed by atoms with E-state index in [0.29, 0.717) is 29.8 Å². The van der Waals surface area contributed by atoms with Gasteiger partial charge in [-0.2, -0.15) is 18.2 Å². The maximum absolute atomic E-state index is 12.5. The molecule has 0 spiro atoms. The van der Waals surface area contributed by atoms with E-state index in [2.05, 4.69) is 15.5 Å². The molecule has 0 radical (unpaired) electrons. The molecule has 3 rings (SSSR count). The molecule has 2 aromatic carbocycles. The average molecular weight is 407 g/mol. The van der Waals surface area contributed by atoms with Gasteiger partial charge in [0.15, 0.2) is 0 Å². The number of rotatable bonds is 8. The molecule has 0 bridgehead atoms. The highest BCUT2D eigenvalue weighted by atomic mass is 19.4. The van der Waals surface area contributed by atoms with E-state index in [1.165, 1.54) is 12.1 Å². The van der Waals surface area contributed by atoms with Crippen LogP contribution in [0.15, 0.2) is 53.1 Å². The number of ether oxygens (including phenoxy) is 2. The largest absolute Gasteiger partial charge is 0.497 e. The summed E-state index contributed by atoms with van der Waals surface area (Å²) in [6, 6.07) is 11.7. The highest BCUT2D eigenvalue weighted by Crippen LogP contribution is 2.30. The van der Waals surface area contributed by atoms with Crippen LogP contribution in [0.4, 0.5) is 13.2 Å². The minimum atomic E-state index is -4.36. The van der Waals surface area contributed by atoms with Crippen LogP contribution < -0.4 is 14.8 Å². The molecule has 0 amide bonds. The second-order valence-electron chi connectivity index (χ2n) is 6.23. The van der Waals surface area contributed by atoms with Crippen molar-refractivity contribution < 1.29 is 27.2 Å². The summed E-state index contributed by atoms with van der Waals surface area (Å²) in [6.07, 6.45) is -4.36. The van der Waals surface area contributed by atoms with Gasteiger partial charge in [0.25, 0.3) is 0 Å². The first-order valence-electron chi connectivity index (χ1n) is 8.88. The van der Waals surface area contributed by atoms with E-state index in [9.17, 15) is 13.2 Å². The van der Waals surface area contributed by atoms with Crippen LogP contribution in [0.25, 0.3) is 11.4 Å². The molecule has 0 fully saturated rings. The van der Waals surface area contributed by atoms with Crippen LogP contribution in [0.1, 0.15) is 24.4 Å². The Labute approximate surface area is 165 Å². The molecule has 0 aliphatic heterocycles. The van der Waals surface area contributed by atoms with Gasteiger partial charge >= 0.3 is 6.18 Å². The third-order valence-corrected chi connectivity index (χ3v) is 4.14. The molecule has 29 heavy (non-hydrogen) atoms. The van der Waals surface area contributed by atoms with Crippen molar-refractivity contribution in [2.24, 2.45) is 0 Å². The van der Waals surface area contributed by atoms with E-state index >= 15 is 0 Å². The zero-order valence-corrected chi connectivity index (χ0v) is 15.9. The predicted molar refractivity (Wildman–Crippen MR) is 99.6 cm³/mol. The Balaban J connectivity index is 1.48.